The summed E-state index contributed by atoms with van der Waals surface area (Å²) in [6, 6.07) is 33.0. The first-order valence-corrected chi connectivity index (χ1v) is 10.7. The van der Waals surface area contributed by atoms with Crippen molar-refractivity contribution in [2.24, 2.45) is 0 Å². The molecule has 0 amide bonds. The van der Waals surface area contributed by atoms with E-state index in [0.29, 0.717) is 5.25 Å². The number of hydrogen-bond acceptors (Lipinski definition) is 0. The summed E-state index contributed by atoms with van der Waals surface area (Å²) in [7, 11) is -1.05. The van der Waals surface area contributed by atoms with E-state index in [4.69, 9.17) is 0 Å². The van der Waals surface area contributed by atoms with Gasteiger partial charge in [0, 0.05) is 0 Å². The van der Waals surface area contributed by atoms with Crippen molar-refractivity contribution < 1.29 is 0 Å². The van der Waals surface area contributed by atoms with Crippen LogP contribution in [0.5, 0.6) is 0 Å². The summed E-state index contributed by atoms with van der Waals surface area (Å²) in [5.74, 6) is 0. The summed E-state index contributed by atoms with van der Waals surface area (Å²) in [4.78, 5) is 2.97. The zero-order valence-electron chi connectivity index (χ0n) is 14.6. The molecule has 3 aromatic carbocycles. The van der Waals surface area contributed by atoms with E-state index < -0.39 is 10.0 Å². The smallest absolute Gasteiger partial charge is 0.00593 e. The summed E-state index contributed by atoms with van der Waals surface area (Å²) in [6.07, 6.45) is 4.83. The molecule has 0 N–H and O–H groups in total. The van der Waals surface area contributed by atoms with Gasteiger partial charge in [-0.05, 0) is 64.0 Å². The summed E-state index contributed by atoms with van der Waals surface area (Å²) < 4.78 is 0. The van der Waals surface area contributed by atoms with E-state index in [1.807, 2.05) is 0 Å². The number of aryl methyl sites for hydroxylation is 1. The summed E-state index contributed by atoms with van der Waals surface area (Å²) >= 11 is 0. The first-order chi connectivity index (χ1) is 11.7. The van der Waals surface area contributed by atoms with Gasteiger partial charge in [0.25, 0.3) is 0 Å². The van der Waals surface area contributed by atoms with Crippen LogP contribution in [-0.2, 0) is 6.42 Å². The molecule has 0 fully saturated rings. The van der Waals surface area contributed by atoms with E-state index in [2.05, 4.69) is 104 Å². The quantitative estimate of drug-likeness (QED) is 0.479. The third-order valence-corrected chi connectivity index (χ3v) is 9.30. The Kier molecular flexibility index (Phi) is 5.42. The van der Waals surface area contributed by atoms with E-state index in [1.165, 1.54) is 21.8 Å². The van der Waals surface area contributed by atoms with Gasteiger partial charge in [0.15, 0.2) is 0 Å². The van der Waals surface area contributed by atoms with Crippen LogP contribution in [0.4, 0.5) is 0 Å². The molecule has 0 nitrogen and oxygen atoms in total. The molecule has 0 heterocycles. The molecule has 0 aliphatic rings. The van der Waals surface area contributed by atoms with Crippen LogP contribution in [0, 0.1) is 0 Å². The lowest BCUT2D eigenvalue weighted by Gasteiger charge is -2.43. The molecule has 0 spiro atoms. The Morgan fingerprint density at radius 2 is 1.08 bits per heavy atom. The second kappa shape index (κ2) is 7.72. The molecule has 0 bridgehead atoms. The minimum atomic E-state index is -1.05. The maximum Gasteiger partial charge on any atom is -0.00593 e. The Morgan fingerprint density at radius 1 is 0.667 bits per heavy atom. The Labute approximate surface area is 147 Å². The zero-order valence-corrected chi connectivity index (χ0v) is 15.4. The average molecular weight is 335 g/mol. The van der Waals surface area contributed by atoms with Crippen molar-refractivity contribution in [3.05, 3.63) is 96.6 Å². The highest BCUT2D eigenvalue weighted by atomic mass is 32.3. The normalized spacial score (nSPS) is 13.4. The molecule has 24 heavy (non-hydrogen) atoms. The van der Waals surface area contributed by atoms with Gasteiger partial charge >= 0.3 is 0 Å². The number of rotatable bonds is 6. The van der Waals surface area contributed by atoms with Crippen molar-refractivity contribution >= 4 is 10.0 Å². The number of benzene rings is 3. The SMILES string of the molecule is CC(CCc1ccccc1)S(C)(c1ccccc1)c1ccccc1. The fraction of sp³-hybridized carbons (Fsp3) is 0.217. The zero-order chi connectivity index (χ0) is 16.8. The van der Waals surface area contributed by atoms with Gasteiger partial charge in [0.05, 0.1) is 0 Å². The summed E-state index contributed by atoms with van der Waals surface area (Å²) in [6.45, 7) is 2.43. The van der Waals surface area contributed by atoms with Gasteiger partial charge in [-0.15, -0.1) is 0 Å². The molecule has 3 rings (SSSR count). The van der Waals surface area contributed by atoms with Crippen molar-refractivity contribution in [2.75, 3.05) is 6.26 Å². The van der Waals surface area contributed by atoms with Gasteiger partial charge in [-0.25, -0.2) is 0 Å². The minimum absolute atomic E-state index is 0.627. The second-order valence-corrected chi connectivity index (χ2v) is 10.2. The van der Waals surface area contributed by atoms with Crippen molar-refractivity contribution in [2.45, 2.75) is 34.8 Å². The Morgan fingerprint density at radius 3 is 1.54 bits per heavy atom. The van der Waals surface area contributed by atoms with Crippen molar-refractivity contribution in [3.8, 4) is 0 Å². The molecule has 0 aromatic heterocycles. The molecular weight excluding hydrogens is 308 g/mol. The standard InChI is InChI=1S/C23H26S/c1-20(18-19-21-12-6-3-7-13-21)24(2,22-14-8-4-9-15-22)23-16-10-5-11-17-23/h3-17,20H,18-19H2,1-2H3. The van der Waals surface area contributed by atoms with Crippen LogP contribution in [-0.4, -0.2) is 11.5 Å². The van der Waals surface area contributed by atoms with Crippen LogP contribution < -0.4 is 0 Å². The Bertz CT molecular complexity index is 695. The lowest BCUT2D eigenvalue weighted by atomic mass is 10.1. The highest BCUT2D eigenvalue weighted by molar-refractivity contribution is 8.33. The van der Waals surface area contributed by atoms with E-state index in [0.717, 1.165) is 6.42 Å². The molecule has 1 unspecified atom stereocenters. The molecule has 1 heteroatoms. The number of hydrogen-bond donors (Lipinski definition) is 0. The Hall–Kier alpha value is -1.99. The summed E-state index contributed by atoms with van der Waals surface area (Å²) in [5, 5.41) is 0.627. The second-order valence-electron chi connectivity index (χ2n) is 6.44. The van der Waals surface area contributed by atoms with Crippen LogP contribution in [0.15, 0.2) is 101 Å². The molecule has 124 valence electrons. The van der Waals surface area contributed by atoms with Crippen LogP contribution in [0.25, 0.3) is 0 Å². The fourth-order valence-electron chi connectivity index (χ4n) is 3.26. The monoisotopic (exact) mass is 334 g/mol. The summed E-state index contributed by atoms with van der Waals surface area (Å²) in [5.41, 5.74) is 1.44. The minimum Gasteiger partial charge on any atom is -0.188 e. The molecule has 0 saturated heterocycles. The van der Waals surface area contributed by atoms with Crippen LogP contribution >= 0.6 is 10.0 Å². The first-order valence-electron chi connectivity index (χ1n) is 8.62. The van der Waals surface area contributed by atoms with E-state index >= 15 is 0 Å². The van der Waals surface area contributed by atoms with Gasteiger partial charge in [-0.1, -0.05) is 73.7 Å². The van der Waals surface area contributed by atoms with Crippen LogP contribution in [0.1, 0.15) is 18.9 Å². The van der Waals surface area contributed by atoms with Crippen molar-refractivity contribution in [1.82, 2.24) is 0 Å². The largest absolute Gasteiger partial charge is 0.188 e. The van der Waals surface area contributed by atoms with Gasteiger partial charge < -0.3 is 0 Å². The van der Waals surface area contributed by atoms with Gasteiger partial charge in [-0.2, -0.15) is 10.0 Å². The van der Waals surface area contributed by atoms with Gasteiger partial charge in [-0.3, -0.25) is 0 Å². The van der Waals surface area contributed by atoms with Crippen molar-refractivity contribution in [3.63, 3.8) is 0 Å². The molecular formula is C23H26S. The van der Waals surface area contributed by atoms with E-state index in [9.17, 15) is 0 Å². The Balaban J connectivity index is 1.90. The lowest BCUT2D eigenvalue weighted by molar-refractivity contribution is 0.799. The third-order valence-electron chi connectivity index (χ3n) is 4.95. The van der Waals surface area contributed by atoms with Crippen molar-refractivity contribution in [1.29, 1.82) is 0 Å². The van der Waals surface area contributed by atoms with Gasteiger partial charge in [0.1, 0.15) is 0 Å². The topological polar surface area (TPSA) is 0 Å². The maximum absolute atomic E-state index is 2.48. The lowest BCUT2D eigenvalue weighted by Crippen LogP contribution is -2.16. The highest BCUT2D eigenvalue weighted by Gasteiger charge is 2.29. The molecule has 0 aliphatic carbocycles. The molecule has 0 radical (unpaired) electrons. The predicted octanol–water partition coefficient (Wildman–Crippen LogP) is 6.56. The molecule has 3 aromatic rings. The maximum atomic E-state index is 2.48. The third kappa shape index (κ3) is 3.57. The average Bonchev–Trinajstić information content (AvgIpc) is 2.67. The molecule has 1 atom stereocenters. The molecule has 0 aliphatic heterocycles. The predicted molar refractivity (Wildman–Crippen MR) is 107 cm³/mol. The first kappa shape index (κ1) is 16.9. The van der Waals surface area contributed by atoms with Gasteiger partial charge in [0.2, 0.25) is 0 Å². The van der Waals surface area contributed by atoms with E-state index in [-0.39, 0.29) is 0 Å². The van der Waals surface area contributed by atoms with Crippen LogP contribution in [0.2, 0.25) is 0 Å². The van der Waals surface area contributed by atoms with E-state index in [1.54, 1.807) is 0 Å². The highest BCUT2D eigenvalue weighted by Crippen LogP contribution is 2.63. The molecule has 0 saturated carbocycles. The fourth-order valence-corrected chi connectivity index (χ4v) is 6.49. The van der Waals surface area contributed by atoms with Crippen LogP contribution in [0.3, 0.4) is 0 Å².